The van der Waals surface area contributed by atoms with Crippen molar-refractivity contribution in [2.24, 2.45) is 12.2 Å². The highest BCUT2D eigenvalue weighted by molar-refractivity contribution is 8.01. The molecular weight excluding hydrogens is 637 g/mol. The smallest absolute Gasteiger partial charge is 0.352 e. The lowest BCUT2D eigenvalue weighted by atomic mass is 10.0. The molecule has 1 fully saturated rings. The maximum absolute atomic E-state index is 13.3. The number of carboxylic acid groups (broad SMARTS) is 2. The third-order valence-electron chi connectivity index (χ3n) is 6.80. The Morgan fingerprint density at radius 2 is 2.07 bits per heavy atom. The number of aliphatic carboxylic acids is 2. The fourth-order valence-corrected chi connectivity index (χ4v) is 7.54. The van der Waals surface area contributed by atoms with Crippen molar-refractivity contribution in [1.29, 1.82) is 0 Å². The van der Waals surface area contributed by atoms with Crippen LogP contribution in [-0.4, -0.2) is 93.2 Å². The van der Waals surface area contributed by atoms with Crippen molar-refractivity contribution in [2.45, 2.75) is 42.9 Å². The maximum Gasteiger partial charge on any atom is 0.352 e. The first kappa shape index (κ1) is 31.0. The predicted molar refractivity (Wildman–Crippen MR) is 160 cm³/mol. The van der Waals surface area contributed by atoms with Gasteiger partial charge >= 0.3 is 11.9 Å². The second kappa shape index (κ2) is 12.3. The van der Waals surface area contributed by atoms with Crippen LogP contribution in [0.2, 0.25) is 0 Å². The quantitative estimate of drug-likeness (QED) is 0.0438. The molecule has 20 heteroatoms. The molecule has 1 unspecified atom stereocenters. The minimum absolute atomic E-state index is 0.0286. The van der Waals surface area contributed by atoms with Gasteiger partial charge < -0.3 is 31.8 Å². The van der Waals surface area contributed by atoms with E-state index in [4.69, 9.17) is 16.3 Å². The second-order valence-corrected chi connectivity index (χ2v) is 12.6. The van der Waals surface area contributed by atoms with Crippen LogP contribution in [0.25, 0.3) is 5.65 Å². The summed E-state index contributed by atoms with van der Waals surface area (Å²) < 4.78 is 3.42. The van der Waals surface area contributed by atoms with Crippen LogP contribution in [0.4, 0.5) is 10.9 Å². The van der Waals surface area contributed by atoms with E-state index in [1.807, 2.05) is 14.0 Å². The summed E-state index contributed by atoms with van der Waals surface area (Å²) in [4.78, 5) is 64.9. The van der Waals surface area contributed by atoms with Crippen molar-refractivity contribution in [3.63, 3.8) is 0 Å². The van der Waals surface area contributed by atoms with Gasteiger partial charge in [-0.3, -0.25) is 14.5 Å². The summed E-state index contributed by atoms with van der Waals surface area (Å²) in [6.07, 6.45) is 0.372. The number of thiazole rings is 1. The first-order chi connectivity index (χ1) is 20.9. The maximum atomic E-state index is 13.3. The summed E-state index contributed by atoms with van der Waals surface area (Å²) >= 11 is 3.55. The van der Waals surface area contributed by atoms with Crippen molar-refractivity contribution in [2.75, 3.05) is 23.0 Å². The highest BCUT2D eigenvalue weighted by Gasteiger charge is 2.54. The van der Waals surface area contributed by atoms with E-state index in [0.29, 0.717) is 16.5 Å². The Kier molecular flexibility index (Phi) is 8.66. The molecular formula is C24H27N10O7S3+. The average Bonchev–Trinajstić information content (AvgIpc) is 3.59. The number of carbonyl (C=O) groups is 4. The number of nitrogen functional groups attached to an aromatic ring is 2. The van der Waals surface area contributed by atoms with Gasteiger partial charge in [-0.15, -0.1) is 23.1 Å². The molecule has 44 heavy (non-hydrogen) atoms. The third-order valence-corrected chi connectivity index (χ3v) is 9.83. The van der Waals surface area contributed by atoms with Crippen LogP contribution in [0.1, 0.15) is 24.6 Å². The normalized spacial score (nSPS) is 19.0. The van der Waals surface area contributed by atoms with Gasteiger partial charge in [0, 0.05) is 22.0 Å². The number of nitrogens with one attached hydrogen (secondary N) is 1. The van der Waals surface area contributed by atoms with E-state index >= 15 is 0 Å². The molecule has 5 rings (SSSR count). The molecule has 232 valence electrons. The Labute approximate surface area is 261 Å². The lowest BCUT2D eigenvalue weighted by molar-refractivity contribution is -0.646. The molecule has 2 aliphatic rings. The minimum Gasteiger partial charge on any atom is -0.478 e. The lowest BCUT2D eigenvalue weighted by Crippen LogP contribution is -2.71. The number of hydrogen-bond acceptors (Lipinski definition) is 14. The molecule has 0 saturated carbocycles. The highest BCUT2D eigenvalue weighted by Crippen LogP contribution is 2.41. The predicted octanol–water partition coefficient (Wildman–Crippen LogP) is -0.402. The summed E-state index contributed by atoms with van der Waals surface area (Å²) in [5.41, 5.74) is 13.3. The van der Waals surface area contributed by atoms with Crippen LogP contribution in [0.3, 0.4) is 0 Å². The van der Waals surface area contributed by atoms with E-state index in [-0.39, 0.29) is 40.2 Å². The van der Waals surface area contributed by atoms with Crippen LogP contribution < -0.4 is 21.4 Å². The molecule has 5 heterocycles. The Morgan fingerprint density at radius 3 is 2.70 bits per heavy atom. The van der Waals surface area contributed by atoms with Gasteiger partial charge in [-0.1, -0.05) is 23.8 Å². The van der Waals surface area contributed by atoms with Crippen molar-refractivity contribution in [3.8, 4) is 0 Å². The first-order valence-corrected chi connectivity index (χ1v) is 15.8. The van der Waals surface area contributed by atoms with Gasteiger partial charge in [-0.25, -0.2) is 19.1 Å². The average molecular weight is 664 g/mol. The first-order valence-electron chi connectivity index (χ1n) is 12.9. The molecule has 0 spiro atoms. The number of thioether (sulfide) groups is 2. The number of nitrogens with two attached hydrogens (primary N) is 2. The number of carboxylic acids is 2. The van der Waals surface area contributed by atoms with E-state index in [0.717, 1.165) is 27.4 Å². The number of carbonyl (C=O) groups excluding carboxylic acids is 2. The van der Waals surface area contributed by atoms with Crippen molar-refractivity contribution in [3.05, 3.63) is 34.2 Å². The van der Waals surface area contributed by atoms with Gasteiger partial charge in [0.1, 0.15) is 28.6 Å². The molecule has 3 aromatic heterocycles. The van der Waals surface area contributed by atoms with E-state index in [9.17, 15) is 29.4 Å². The largest absolute Gasteiger partial charge is 0.478 e. The van der Waals surface area contributed by atoms with E-state index in [1.165, 1.54) is 28.9 Å². The van der Waals surface area contributed by atoms with Crippen LogP contribution in [0.15, 0.2) is 33.3 Å². The lowest BCUT2D eigenvalue weighted by Gasteiger charge is -2.49. The van der Waals surface area contributed by atoms with Crippen molar-refractivity contribution < 1.29 is 38.8 Å². The zero-order valence-corrected chi connectivity index (χ0v) is 25.9. The molecule has 3 aromatic rings. The number of nitrogens with zero attached hydrogens (tertiary/aromatic N) is 7. The minimum atomic E-state index is -1.32. The van der Waals surface area contributed by atoms with Gasteiger partial charge in [0.25, 0.3) is 28.9 Å². The fourth-order valence-electron chi connectivity index (χ4n) is 4.56. The standard InChI is InChI=1S/C24H26N10O7S3/c1-4-12(21(37)38)41-31-13(11-7-43-23(26)28-11)17(35)29-14-19(36)33-15(22(39)40)10(5-42-20(14)33)6-44-24-30-16(25)9(2)18-32(3)8-27-34(18)24/h7-8,12,14,20,25H,4-6H2,1-3H3,(H5,26,28,29,35,37,38,39,40)/p+1/b31-13-/t12-,14?,20-/m1/s1. The number of oxime groups is 1. The molecule has 0 aromatic carbocycles. The Morgan fingerprint density at radius 1 is 1.32 bits per heavy atom. The van der Waals surface area contributed by atoms with Gasteiger partial charge in [-0.05, 0) is 23.4 Å². The number of amides is 2. The summed E-state index contributed by atoms with van der Waals surface area (Å²) in [6, 6.07) is -1.08. The number of fused-ring (bicyclic) bond motifs is 2. The molecule has 0 bridgehead atoms. The molecule has 2 aliphatic heterocycles. The topological polar surface area (TPSA) is 245 Å². The Balaban J connectivity index is 1.35. The number of rotatable bonds is 11. The SMILES string of the molecule is CC[C@@H](O/N=C(\C(=O)NC1C(=O)N2C(C(=O)O)=C(CSc3nc(N)c(C)c4n3nc[n+]4C)CS[C@H]12)c1csc(N)n1)C(=O)O. The van der Waals surface area contributed by atoms with Gasteiger partial charge in [0.15, 0.2) is 10.8 Å². The third kappa shape index (κ3) is 5.62. The molecule has 17 nitrogen and oxygen atoms in total. The Bertz CT molecular complexity index is 1750. The van der Waals surface area contributed by atoms with E-state index in [1.54, 1.807) is 22.3 Å². The number of β-lactam (4-membered cyclic amide) rings is 1. The molecule has 3 atom stereocenters. The Hall–Kier alpha value is -4.43. The summed E-state index contributed by atoms with van der Waals surface area (Å²) in [6.45, 7) is 3.40. The van der Waals surface area contributed by atoms with Crippen LogP contribution in [0, 0.1) is 6.92 Å². The van der Waals surface area contributed by atoms with Crippen LogP contribution in [0.5, 0.6) is 0 Å². The van der Waals surface area contributed by atoms with Crippen LogP contribution in [-0.2, 0) is 31.1 Å². The van der Waals surface area contributed by atoms with Gasteiger partial charge in [0.05, 0.1) is 12.6 Å². The van der Waals surface area contributed by atoms with Gasteiger partial charge in [-0.2, -0.15) is 4.98 Å². The zero-order chi connectivity index (χ0) is 31.9. The van der Waals surface area contributed by atoms with E-state index < -0.39 is 41.3 Å². The monoisotopic (exact) mass is 663 g/mol. The number of anilines is 2. The van der Waals surface area contributed by atoms with Crippen LogP contribution >= 0.6 is 34.9 Å². The number of hydrogen-bond donors (Lipinski definition) is 5. The summed E-state index contributed by atoms with van der Waals surface area (Å²) in [7, 11) is 1.82. The molecule has 1 saturated heterocycles. The summed E-state index contributed by atoms with van der Waals surface area (Å²) in [5, 5.41) is 31.3. The molecule has 2 amide bonds. The summed E-state index contributed by atoms with van der Waals surface area (Å²) in [5.74, 6) is -3.29. The van der Waals surface area contributed by atoms with Crippen molar-refractivity contribution >= 4 is 80.9 Å². The van der Waals surface area contributed by atoms with E-state index in [2.05, 4.69) is 25.5 Å². The number of aryl methyl sites for hydroxylation is 2. The second-order valence-electron chi connectivity index (χ2n) is 9.64. The van der Waals surface area contributed by atoms with Gasteiger partial charge in [0.2, 0.25) is 6.10 Å². The fraction of sp³-hybridized carbons (Fsp3) is 0.375. The highest BCUT2D eigenvalue weighted by atomic mass is 32.2. The number of aromatic nitrogens is 5. The molecule has 0 aliphatic carbocycles. The van der Waals surface area contributed by atoms with Crippen molar-refractivity contribution in [1.82, 2.24) is 29.8 Å². The molecule has 0 radical (unpaired) electrons. The molecule has 7 N–H and O–H groups in total. The zero-order valence-electron chi connectivity index (χ0n) is 23.5.